The molecule has 0 bridgehead atoms. The fourth-order valence-electron chi connectivity index (χ4n) is 2.61. The SMILES string of the molecule is CCNC(=NCc1nc(-c2ccc(OC)cc2)n[nH]1)NCCc1ccc(Cl)nc1.I. The minimum absolute atomic E-state index is 0. The van der Waals surface area contributed by atoms with Crippen LogP contribution in [-0.4, -0.2) is 46.3 Å². The Hall–Kier alpha value is -2.40. The second kappa shape index (κ2) is 12.3. The van der Waals surface area contributed by atoms with Crippen molar-refractivity contribution >= 4 is 41.5 Å². The third-order valence-corrected chi connectivity index (χ3v) is 4.33. The number of nitrogens with one attached hydrogen (secondary N) is 3. The van der Waals surface area contributed by atoms with Gasteiger partial charge in [0.15, 0.2) is 11.8 Å². The van der Waals surface area contributed by atoms with Crippen molar-refractivity contribution in [2.75, 3.05) is 20.2 Å². The molecule has 10 heteroatoms. The summed E-state index contributed by atoms with van der Waals surface area (Å²) in [7, 11) is 1.64. The first-order valence-corrected chi connectivity index (χ1v) is 9.74. The molecule has 0 spiro atoms. The summed E-state index contributed by atoms with van der Waals surface area (Å²) in [5, 5.41) is 14.2. The second-order valence-electron chi connectivity index (χ2n) is 6.20. The fraction of sp³-hybridized carbons (Fsp3) is 0.300. The molecule has 2 heterocycles. The molecular formula is C20H25ClIN7O. The van der Waals surface area contributed by atoms with Crippen LogP contribution in [0.3, 0.4) is 0 Å². The molecule has 1 aromatic carbocycles. The maximum absolute atomic E-state index is 5.82. The molecule has 0 saturated carbocycles. The predicted octanol–water partition coefficient (Wildman–Crippen LogP) is 3.44. The molecule has 3 rings (SSSR count). The fourth-order valence-corrected chi connectivity index (χ4v) is 2.72. The van der Waals surface area contributed by atoms with Gasteiger partial charge in [-0.05, 0) is 49.2 Å². The molecule has 0 amide bonds. The van der Waals surface area contributed by atoms with Crippen molar-refractivity contribution in [1.29, 1.82) is 0 Å². The first-order valence-electron chi connectivity index (χ1n) is 9.36. The number of benzene rings is 1. The van der Waals surface area contributed by atoms with Gasteiger partial charge in [-0.1, -0.05) is 17.7 Å². The maximum Gasteiger partial charge on any atom is 0.191 e. The maximum atomic E-state index is 5.82. The van der Waals surface area contributed by atoms with E-state index in [4.69, 9.17) is 16.3 Å². The Kier molecular flexibility index (Phi) is 9.81. The molecule has 2 aromatic heterocycles. The van der Waals surface area contributed by atoms with Crippen LogP contribution in [0.1, 0.15) is 18.3 Å². The zero-order valence-electron chi connectivity index (χ0n) is 16.9. The molecule has 0 atom stereocenters. The highest BCUT2D eigenvalue weighted by Gasteiger charge is 2.06. The number of halogens is 2. The number of rotatable bonds is 8. The van der Waals surface area contributed by atoms with Crippen molar-refractivity contribution in [2.24, 2.45) is 4.99 Å². The molecule has 0 radical (unpaired) electrons. The standard InChI is InChI=1S/C20H24ClN7O.HI/c1-3-22-20(23-11-10-14-4-9-17(21)24-12-14)25-13-18-26-19(28-27-18)15-5-7-16(29-2)8-6-15;/h4-9,12H,3,10-11,13H2,1-2H3,(H2,22,23,25)(H,26,27,28);1H. The van der Waals surface area contributed by atoms with Crippen molar-refractivity contribution in [3.63, 3.8) is 0 Å². The zero-order valence-corrected chi connectivity index (χ0v) is 19.9. The highest BCUT2D eigenvalue weighted by molar-refractivity contribution is 14.0. The predicted molar refractivity (Wildman–Crippen MR) is 130 cm³/mol. The van der Waals surface area contributed by atoms with E-state index >= 15 is 0 Å². The van der Waals surface area contributed by atoms with E-state index < -0.39 is 0 Å². The average molecular weight is 542 g/mol. The molecule has 30 heavy (non-hydrogen) atoms. The van der Waals surface area contributed by atoms with Gasteiger partial charge in [-0.2, -0.15) is 5.10 Å². The van der Waals surface area contributed by atoms with Gasteiger partial charge >= 0.3 is 0 Å². The summed E-state index contributed by atoms with van der Waals surface area (Å²) in [6, 6.07) is 11.4. The summed E-state index contributed by atoms with van der Waals surface area (Å²) < 4.78 is 5.17. The van der Waals surface area contributed by atoms with E-state index in [0.717, 1.165) is 42.3 Å². The van der Waals surface area contributed by atoms with Crippen LogP contribution in [0.15, 0.2) is 47.6 Å². The zero-order chi connectivity index (χ0) is 20.5. The average Bonchev–Trinajstić information content (AvgIpc) is 3.22. The van der Waals surface area contributed by atoms with E-state index in [9.17, 15) is 0 Å². The van der Waals surface area contributed by atoms with E-state index in [1.807, 2.05) is 37.3 Å². The van der Waals surface area contributed by atoms with Crippen LogP contribution in [0.5, 0.6) is 5.75 Å². The van der Waals surface area contributed by atoms with Gasteiger partial charge < -0.3 is 15.4 Å². The van der Waals surface area contributed by atoms with Crippen LogP contribution in [0, 0.1) is 0 Å². The quantitative estimate of drug-likeness (QED) is 0.175. The van der Waals surface area contributed by atoms with Crippen molar-refractivity contribution in [2.45, 2.75) is 19.9 Å². The Balaban J connectivity index is 0.00000320. The number of aliphatic imine (C=N–C) groups is 1. The molecule has 0 fully saturated rings. The van der Waals surface area contributed by atoms with Gasteiger partial charge in [0.2, 0.25) is 0 Å². The number of ether oxygens (including phenoxy) is 1. The van der Waals surface area contributed by atoms with Gasteiger partial charge in [-0.15, -0.1) is 24.0 Å². The minimum Gasteiger partial charge on any atom is -0.497 e. The summed E-state index contributed by atoms with van der Waals surface area (Å²) in [6.45, 7) is 3.90. The van der Waals surface area contributed by atoms with Crippen molar-refractivity contribution in [1.82, 2.24) is 30.8 Å². The van der Waals surface area contributed by atoms with Crippen LogP contribution >= 0.6 is 35.6 Å². The lowest BCUT2D eigenvalue weighted by molar-refractivity contribution is 0.415. The van der Waals surface area contributed by atoms with Gasteiger partial charge in [0.25, 0.3) is 0 Å². The molecule has 0 aliphatic carbocycles. The molecule has 0 aliphatic rings. The molecule has 3 N–H and O–H groups in total. The lowest BCUT2D eigenvalue weighted by Crippen LogP contribution is -2.38. The molecule has 3 aromatic rings. The van der Waals surface area contributed by atoms with Gasteiger partial charge in [-0.25, -0.2) is 15.0 Å². The molecule has 160 valence electrons. The number of hydrogen-bond acceptors (Lipinski definition) is 5. The smallest absolute Gasteiger partial charge is 0.191 e. The third-order valence-electron chi connectivity index (χ3n) is 4.11. The highest BCUT2D eigenvalue weighted by atomic mass is 127. The minimum atomic E-state index is 0. The first kappa shape index (κ1) is 23.9. The van der Waals surface area contributed by atoms with Gasteiger partial charge in [0.1, 0.15) is 23.3 Å². The van der Waals surface area contributed by atoms with Gasteiger partial charge in [0.05, 0.1) is 7.11 Å². The van der Waals surface area contributed by atoms with Crippen molar-refractivity contribution in [3.05, 3.63) is 59.1 Å². The summed E-state index contributed by atoms with van der Waals surface area (Å²) in [6.07, 6.45) is 2.60. The van der Waals surface area contributed by atoms with Crippen LogP contribution in [0.25, 0.3) is 11.4 Å². The number of aromatic nitrogens is 4. The van der Waals surface area contributed by atoms with E-state index in [2.05, 4.69) is 35.8 Å². The number of H-pyrrole nitrogens is 1. The number of guanidine groups is 1. The number of methoxy groups -OCH3 is 1. The van der Waals surface area contributed by atoms with Crippen LogP contribution in [0.4, 0.5) is 0 Å². The Bertz CT molecular complexity index is 929. The molecule has 8 nitrogen and oxygen atoms in total. The van der Waals surface area contributed by atoms with Crippen molar-refractivity contribution in [3.8, 4) is 17.1 Å². The third kappa shape index (κ3) is 7.13. The number of aromatic amines is 1. The Morgan fingerprint density at radius 2 is 1.97 bits per heavy atom. The Labute approximate surface area is 197 Å². The molecular weight excluding hydrogens is 517 g/mol. The lowest BCUT2D eigenvalue weighted by Gasteiger charge is -2.10. The Morgan fingerprint density at radius 3 is 2.63 bits per heavy atom. The number of nitrogens with zero attached hydrogens (tertiary/aromatic N) is 4. The van der Waals surface area contributed by atoms with E-state index in [0.29, 0.717) is 23.3 Å². The normalized spacial score (nSPS) is 11.0. The lowest BCUT2D eigenvalue weighted by atomic mass is 10.2. The largest absolute Gasteiger partial charge is 0.497 e. The van der Waals surface area contributed by atoms with E-state index in [1.54, 1.807) is 19.4 Å². The van der Waals surface area contributed by atoms with E-state index in [1.165, 1.54) is 0 Å². The summed E-state index contributed by atoms with van der Waals surface area (Å²) in [5.74, 6) is 2.84. The molecule has 0 saturated heterocycles. The van der Waals surface area contributed by atoms with E-state index in [-0.39, 0.29) is 24.0 Å². The topological polar surface area (TPSA) is 100 Å². The number of hydrogen-bond donors (Lipinski definition) is 3. The molecule has 0 aliphatic heterocycles. The van der Waals surface area contributed by atoms with Crippen LogP contribution < -0.4 is 15.4 Å². The number of pyridine rings is 1. The molecule has 0 unspecified atom stereocenters. The van der Waals surface area contributed by atoms with Crippen LogP contribution in [-0.2, 0) is 13.0 Å². The Morgan fingerprint density at radius 1 is 1.17 bits per heavy atom. The van der Waals surface area contributed by atoms with Gasteiger partial charge in [0, 0.05) is 24.8 Å². The van der Waals surface area contributed by atoms with Crippen LogP contribution in [0.2, 0.25) is 5.15 Å². The summed E-state index contributed by atoms with van der Waals surface area (Å²) in [5.41, 5.74) is 2.02. The highest BCUT2D eigenvalue weighted by Crippen LogP contribution is 2.19. The summed E-state index contributed by atoms with van der Waals surface area (Å²) in [4.78, 5) is 13.2. The second-order valence-corrected chi connectivity index (χ2v) is 6.58. The summed E-state index contributed by atoms with van der Waals surface area (Å²) >= 11 is 5.82. The first-order chi connectivity index (χ1) is 14.2. The van der Waals surface area contributed by atoms with Crippen molar-refractivity contribution < 1.29 is 4.74 Å². The van der Waals surface area contributed by atoms with Gasteiger partial charge in [-0.3, -0.25) is 5.10 Å². The monoisotopic (exact) mass is 541 g/mol.